The maximum atomic E-state index is 14.2. The molecule has 0 spiro atoms. The van der Waals surface area contributed by atoms with Gasteiger partial charge in [0.15, 0.2) is 17.3 Å². The largest absolute Gasteiger partial charge is 0.504 e. The molecule has 11 nitrogen and oxygen atoms in total. The second-order valence-electron chi connectivity index (χ2n) is 6.20. The van der Waals surface area contributed by atoms with Crippen LogP contribution in [0.5, 0.6) is 23.0 Å². The van der Waals surface area contributed by atoms with Crippen LogP contribution >= 0.6 is 0 Å². The number of phenolic OH excluding ortho intramolecular Hbond substituents is 4. The van der Waals surface area contributed by atoms with E-state index >= 15 is 0 Å². The van der Waals surface area contributed by atoms with Gasteiger partial charge in [0.05, 0.1) is 15.4 Å². The quantitative estimate of drug-likeness (QED) is 0.204. The molecule has 0 atom stereocenters. The lowest BCUT2D eigenvalue weighted by molar-refractivity contribution is -0.386. The zero-order valence-electron chi connectivity index (χ0n) is 15.1. The van der Waals surface area contributed by atoms with Gasteiger partial charge in [-0.15, -0.1) is 0 Å². The average molecular weight is 430 g/mol. The van der Waals surface area contributed by atoms with Crippen molar-refractivity contribution >= 4 is 17.2 Å². The van der Waals surface area contributed by atoms with Crippen LogP contribution in [0.2, 0.25) is 0 Å². The first-order valence-corrected chi connectivity index (χ1v) is 8.27. The van der Waals surface area contributed by atoms with Gasteiger partial charge in [-0.05, 0) is 23.8 Å². The zero-order chi connectivity index (χ0) is 23.0. The van der Waals surface area contributed by atoms with Crippen LogP contribution in [0.15, 0.2) is 42.5 Å². The highest BCUT2D eigenvalue weighted by atomic mass is 19.1. The molecule has 4 N–H and O–H groups in total. The summed E-state index contributed by atoms with van der Waals surface area (Å²) < 4.78 is 14.2. The van der Waals surface area contributed by atoms with Crippen molar-refractivity contribution in [2.75, 3.05) is 0 Å². The van der Waals surface area contributed by atoms with E-state index in [1.165, 1.54) is 12.1 Å². The fourth-order valence-electron chi connectivity index (χ4n) is 2.93. The van der Waals surface area contributed by atoms with Gasteiger partial charge < -0.3 is 20.4 Å². The Morgan fingerprint density at radius 3 is 1.97 bits per heavy atom. The highest BCUT2D eigenvalue weighted by Gasteiger charge is 2.31. The molecule has 0 aromatic heterocycles. The number of nitrogens with zero attached hydrogens (tertiary/aromatic N) is 2. The van der Waals surface area contributed by atoms with E-state index < -0.39 is 78.1 Å². The van der Waals surface area contributed by atoms with Gasteiger partial charge in [-0.2, -0.15) is 0 Å². The minimum atomic E-state index is -1.26. The van der Waals surface area contributed by atoms with Gasteiger partial charge in [0, 0.05) is 23.3 Å². The maximum Gasteiger partial charge on any atom is 0.315 e. The minimum absolute atomic E-state index is 0.454. The lowest BCUT2D eigenvalue weighted by Gasteiger charge is -2.14. The molecule has 0 radical (unpaired) electrons. The molecule has 0 bridgehead atoms. The first-order chi connectivity index (χ1) is 14.5. The van der Waals surface area contributed by atoms with Gasteiger partial charge in [-0.1, -0.05) is 12.1 Å². The molecule has 31 heavy (non-hydrogen) atoms. The molecule has 3 rings (SSSR count). The van der Waals surface area contributed by atoms with E-state index in [1.54, 1.807) is 0 Å². The molecule has 158 valence electrons. The number of ketones is 1. The van der Waals surface area contributed by atoms with Gasteiger partial charge in [0.1, 0.15) is 5.82 Å². The lowest BCUT2D eigenvalue weighted by Crippen LogP contribution is -2.08. The van der Waals surface area contributed by atoms with Gasteiger partial charge in [0.2, 0.25) is 11.5 Å². The molecule has 12 heteroatoms. The van der Waals surface area contributed by atoms with Crippen molar-refractivity contribution in [3.05, 3.63) is 79.6 Å². The van der Waals surface area contributed by atoms with Crippen molar-refractivity contribution in [1.29, 1.82) is 0 Å². The number of nitro benzene ring substituents is 2. The van der Waals surface area contributed by atoms with Crippen LogP contribution in [-0.2, 0) is 0 Å². The fraction of sp³-hybridized carbons (Fsp3) is 0. The highest BCUT2D eigenvalue weighted by Crippen LogP contribution is 2.48. The van der Waals surface area contributed by atoms with E-state index in [2.05, 4.69) is 0 Å². The first kappa shape index (κ1) is 21.0. The van der Waals surface area contributed by atoms with Crippen LogP contribution in [-0.4, -0.2) is 36.1 Å². The predicted molar refractivity (Wildman–Crippen MR) is 102 cm³/mol. The van der Waals surface area contributed by atoms with Crippen LogP contribution in [0.1, 0.15) is 15.9 Å². The number of carbonyl (C=O) groups is 1. The second kappa shape index (κ2) is 7.59. The summed E-state index contributed by atoms with van der Waals surface area (Å²) in [4.78, 5) is 33.2. The average Bonchev–Trinajstić information content (AvgIpc) is 2.71. The molecule has 0 aliphatic carbocycles. The van der Waals surface area contributed by atoms with E-state index in [4.69, 9.17) is 0 Å². The number of halogens is 1. The van der Waals surface area contributed by atoms with Gasteiger partial charge >= 0.3 is 11.4 Å². The number of rotatable bonds is 5. The van der Waals surface area contributed by atoms with E-state index in [-0.39, 0.29) is 0 Å². The SMILES string of the molecule is O=C(c1ccccc1F)c1cc([N+](=O)[O-])c(O)c(O)c1-c1cc(O)c(O)c([N+](=O)[O-])c1. The molecule has 0 unspecified atom stereocenters. The third kappa shape index (κ3) is 3.53. The second-order valence-corrected chi connectivity index (χ2v) is 6.20. The number of nitro groups is 2. The maximum absolute atomic E-state index is 14.2. The minimum Gasteiger partial charge on any atom is -0.504 e. The molecule has 0 aliphatic heterocycles. The summed E-state index contributed by atoms with van der Waals surface area (Å²) in [6, 6.07) is 6.54. The summed E-state index contributed by atoms with van der Waals surface area (Å²) >= 11 is 0. The zero-order valence-corrected chi connectivity index (χ0v) is 15.1. The smallest absolute Gasteiger partial charge is 0.315 e. The Labute approximate surface area is 171 Å². The molecular weight excluding hydrogens is 419 g/mol. The summed E-state index contributed by atoms with van der Waals surface area (Å²) in [5, 5.41) is 62.3. The molecule has 0 aliphatic rings. The Balaban J connectivity index is 2.42. The summed E-state index contributed by atoms with van der Waals surface area (Å²) in [5.41, 5.74) is -4.44. The van der Waals surface area contributed by atoms with Gasteiger partial charge in [0.25, 0.3) is 0 Å². The Kier molecular flexibility index (Phi) is 5.14. The Hall–Kier alpha value is -4.74. The Bertz CT molecular complexity index is 1270. The summed E-state index contributed by atoms with van der Waals surface area (Å²) in [5.74, 6) is -6.74. The third-order valence-corrected chi connectivity index (χ3v) is 4.37. The molecule has 0 saturated carbocycles. The number of benzene rings is 3. The number of carbonyl (C=O) groups excluding carboxylic acids is 1. The fourth-order valence-corrected chi connectivity index (χ4v) is 2.93. The number of phenols is 4. The van der Waals surface area contributed by atoms with Crippen molar-refractivity contribution < 1.29 is 39.5 Å². The van der Waals surface area contributed by atoms with E-state index in [9.17, 15) is 49.8 Å². The van der Waals surface area contributed by atoms with E-state index in [0.717, 1.165) is 18.2 Å². The van der Waals surface area contributed by atoms with Gasteiger partial charge in [-0.3, -0.25) is 25.0 Å². The van der Waals surface area contributed by atoms with Crippen LogP contribution in [0.3, 0.4) is 0 Å². The molecule has 0 fully saturated rings. The van der Waals surface area contributed by atoms with Crippen LogP contribution in [0.25, 0.3) is 11.1 Å². The number of aromatic hydroxyl groups is 4. The Morgan fingerprint density at radius 1 is 0.806 bits per heavy atom. The Morgan fingerprint density at radius 2 is 1.39 bits per heavy atom. The first-order valence-electron chi connectivity index (χ1n) is 8.27. The van der Waals surface area contributed by atoms with E-state index in [0.29, 0.717) is 12.1 Å². The van der Waals surface area contributed by atoms with Crippen LogP contribution in [0, 0.1) is 26.0 Å². The number of hydrogen-bond donors (Lipinski definition) is 4. The highest BCUT2D eigenvalue weighted by molar-refractivity contribution is 6.14. The van der Waals surface area contributed by atoms with Crippen LogP contribution < -0.4 is 0 Å². The molecule has 0 saturated heterocycles. The van der Waals surface area contributed by atoms with Gasteiger partial charge in [-0.25, -0.2) is 4.39 Å². The topological polar surface area (TPSA) is 184 Å². The molecule has 3 aromatic carbocycles. The van der Waals surface area contributed by atoms with Crippen molar-refractivity contribution in [1.82, 2.24) is 0 Å². The molecular formula is C19H11FN2O9. The van der Waals surface area contributed by atoms with Crippen molar-refractivity contribution in [2.45, 2.75) is 0 Å². The molecule has 0 amide bonds. The van der Waals surface area contributed by atoms with Crippen molar-refractivity contribution in [3.8, 4) is 34.1 Å². The predicted octanol–water partition coefficient (Wildman–Crippen LogP) is 3.36. The molecule has 0 heterocycles. The number of hydrogen-bond acceptors (Lipinski definition) is 9. The normalized spacial score (nSPS) is 10.6. The van der Waals surface area contributed by atoms with Crippen molar-refractivity contribution in [2.24, 2.45) is 0 Å². The standard InChI is InChI=1S/C19H11FN2O9/c20-11-4-2-1-3-9(11)16(24)10-7-13(22(30)31)18(26)19(27)15(10)8-5-12(21(28)29)17(25)14(23)6-8/h1-7,23,25-27H. The monoisotopic (exact) mass is 430 g/mol. The summed E-state index contributed by atoms with van der Waals surface area (Å²) in [6.45, 7) is 0. The lowest BCUT2D eigenvalue weighted by atomic mass is 9.91. The molecule has 3 aromatic rings. The van der Waals surface area contributed by atoms with Crippen molar-refractivity contribution in [3.63, 3.8) is 0 Å². The summed E-state index contributed by atoms with van der Waals surface area (Å²) in [7, 11) is 0. The van der Waals surface area contributed by atoms with Crippen LogP contribution in [0.4, 0.5) is 15.8 Å². The van der Waals surface area contributed by atoms with E-state index in [1.807, 2.05) is 0 Å². The summed E-state index contributed by atoms with van der Waals surface area (Å²) in [6.07, 6.45) is 0. The third-order valence-electron chi connectivity index (χ3n) is 4.37.